The highest BCUT2D eigenvalue weighted by Crippen LogP contribution is 2.43. The van der Waals surface area contributed by atoms with Crippen molar-refractivity contribution in [3.8, 4) is 16.9 Å². The lowest BCUT2D eigenvalue weighted by molar-refractivity contribution is -0.225. The Morgan fingerprint density at radius 2 is 1.60 bits per heavy atom. The van der Waals surface area contributed by atoms with Crippen LogP contribution >= 0.6 is 0 Å². The van der Waals surface area contributed by atoms with Crippen molar-refractivity contribution < 1.29 is 37.2 Å². The third kappa shape index (κ3) is 5.96. The Morgan fingerprint density at radius 3 is 2.17 bits per heavy atom. The van der Waals surface area contributed by atoms with Gasteiger partial charge in [0, 0.05) is 19.7 Å². The summed E-state index contributed by atoms with van der Waals surface area (Å²) in [6.45, 7) is 2.91. The summed E-state index contributed by atoms with van der Waals surface area (Å²) in [5, 5.41) is 0. The molecule has 1 saturated carbocycles. The number of benzene rings is 2. The Labute approximate surface area is 203 Å². The standard InChI is InChI=1S/C27H30F6O2.H2/c1-2-3-16-4-11-25(34-15-16)17-5-7-19(8-6-17)27(32,33)35-20-9-10-21(22(28)14-20)18-12-23(29)26(31)24(30)13-18;/h9-10,12-14,16-17,19,25H,2-8,11,15H2,1H3;1H. The van der Waals surface area contributed by atoms with Crippen LogP contribution in [0.5, 0.6) is 5.75 Å². The van der Waals surface area contributed by atoms with E-state index in [0.29, 0.717) is 30.9 Å². The smallest absolute Gasteiger partial charge is 0.400 e. The van der Waals surface area contributed by atoms with Crippen molar-refractivity contribution in [3.63, 3.8) is 0 Å². The molecule has 2 aromatic rings. The first kappa shape index (κ1) is 25.9. The van der Waals surface area contributed by atoms with Gasteiger partial charge in [-0.2, -0.15) is 8.78 Å². The van der Waals surface area contributed by atoms with Crippen LogP contribution in [0.15, 0.2) is 30.3 Å². The first-order chi connectivity index (χ1) is 16.7. The van der Waals surface area contributed by atoms with E-state index in [2.05, 4.69) is 6.92 Å². The SMILES string of the molecule is CCCC1CCC(C2CCC(C(F)(F)Oc3ccc(-c4cc(F)c(F)c(F)c4)c(F)c3)CC2)OC1.[HH]. The molecule has 0 N–H and O–H groups in total. The van der Waals surface area contributed by atoms with E-state index in [1.54, 1.807) is 0 Å². The molecule has 2 atom stereocenters. The topological polar surface area (TPSA) is 18.5 Å². The van der Waals surface area contributed by atoms with Gasteiger partial charge in [0.15, 0.2) is 17.5 Å². The van der Waals surface area contributed by atoms with Crippen LogP contribution < -0.4 is 4.74 Å². The molecule has 35 heavy (non-hydrogen) atoms. The van der Waals surface area contributed by atoms with E-state index in [4.69, 9.17) is 9.47 Å². The van der Waals surface area contributed by atoms with Crippen LogP contribution in [0.3, 0.4) is 0 Å². The minimum absolute atomic E-state index is 0. The highest BCUT2D eigenvalue weighted by atomic mass is 19.3. The Balaban J connectivity index is 0.00000361. The first-order valence-corrected chi connectivity index (χ1v) is 12.3. The number of ether oxygens (including phenoxy) is 2. The predicted octanol–water partition coefficient (Wildman–Crippen LogP) is 8.53. The Bertz CT molecular complexity index is 994. The molecule has 2 aliphatic rings. The molecule has 194 valence electrons. The van der Waals surface area contributed by atoms with E-state index in [1.165, 1.54) is 0 Å². The van der Waals surface area contributed by atoms with Crippen molar-refractivity contribution in [2.24, 2.45) is 17.8 Å². The molecular formula is C27H32F6O2. The second kappa shape index (κ2) is 10.8. The van der Waals surface area contributed by atoms with Crippen LogP contribution in [0.2, 0.25) is 0 Å². The maximum Gasteiger partial charge on any atom is 0.400 e. The maximum absolute atomic E-state index is 14.9. The molecule has 0 aromatic heterocycles. The van der Waals surface area contributed by atoms with Crippen LogP contribution in [0.25, 0.3) is 11.1 Å². The van der Waals surface area contributed by atoms with Crippen LogP contribution in [0.1, 0.15) is 59.7 Å². The molecule has 1 aliphatic heterocycles. The lowest BCUT2D eigenvalue weighted by atomic mass is 9.76. The van der Waals surface area contributed by atoms with Crippen molar-refractivity contribution in [2.45, 2.75) is 70.5 Å². The van der Waals surface area contributed by atoms with Gasteiger partial charge in [-0.3, -0.25) is 0 Å². The van der Waals surface area contributed by atoms with Crippen molar-refractivity contribution in [3.05, 3.63) is 53.6 Å². The van der Waals surface area contributed by atoms with Crippen LogP contribution in [0.4, 0.5) is 26.3 Å². The van der Waals surface area contributed by atoms with Crippen molar-refractivity contribution >= 4 is 0 Å². The minimum Gasteiger partial charge on any atom is -0.432 e. The van der Waals surface area contributed by atoms with Crippen molar-refractivity contribution in [1.29, 1.82) is 0 Å². The zero-order chi connectivity index (χ0) is 25.2. The molecule has 8 heteroatoms. The average Bonchev–Trinajstić information content (AvgIpc) is 2.83. The van der Waals surface area contributed by atoms with Crippen molar-refractivity contribution in [1.82, 2.24) is 0 Å². The van der Waals surface area contributed by atoms with E-state index in [-0.39, 0.29) is 43.2 Å². The first-order valence-electron chi connectivity index (χ1n) is 12.3. The summed E-state index contributed by atoms with van der Waals surface area (Å²) in [5.41, 5.74) is -0.505. The van der Waals surface area contributed by atoms with Gasteiger partial charge in [-0.15, -0.1) is 0 Å². The Morgan fingerprint density at radius 1 is 0.914 bits per heavy atom. The van der Waals surface area contributed by atoms with Gasteiger partial charge in [-0.1, -0.05) is 13.3 Å². The van der Waals surface area contributed by atoms with E-state index >= 15 is 0 Å². The molecular weight excluding hydrogens is 470 g/mol. The fourth-order valence-electron chi connectivity index (χ4n) is 5.41. The number of alkyl halides is 2. The van der Waals surface area contributed by atoms with Gasteiger partial charge >= 0.3 is 6.11 Å². The molecule has 2 unspecified atom stereocenters. The molecule has 2 nitrogen and oxygen atoms in total. The van der Waals surface area contributed by atoms with E-state index in [1.807, 2.05) is 0 Å². The van der Waals surface area contributed by atoms with Gasteiger partial charge in [-0.25, -0.2) is 17.6 Å². The quantitative estimate of drug-likeness (QED) is 0.279. The molecule has 1 heterocycles. The third-order valence-electron chi connectivity index (χ3n) is 7.36. The summed E-state index contributed by atoms with van der Waals surface area (Å²) in [7, 11) is 0. The van der Waals surface area contributed by atoms with Crippen LogP contribution in [-0.2, 0) is 4.74 Å². The number of halogens is 6. The molecule has 1 aliphatic carbocycles. The zero-order valence-electron chi connectivity index (χ0n) is 19.6. The van der Waals surface area contributed by atoms with Gasteiger partial charge < -0.3 is 9.47 Å². The van der Waals surface area contributed by atoms with Crippen molar-refractivity contribution in [2.75, 3.05) is 6.61 Å². The van der Waals surface area contributed by atoms with E-state index in [9.17, 15) is 26.3 Å². The highest BCUT2D eigenvalue weighted by Gasteiger charge is 2.45. The summed E-state index contributed by atoms with van der Waals surface area (Å²) >= 11 is 0. The van der Waals surface area contributed by atoms with E-state index in [0.717, 1.165) is 50.5 Å². The van der Waals surface area contributed by atoms with Crippen LogP contribution in [0, 0.1) is 41.0 Å². The second-order valence-corrected chi connectivity index (χ2v) is 9.77. The van der Waals surface area contributed by atoms with Gasteiger partial charge in [-0.05, 0) is 86.6 Å². The van der Waals surface area contributed by atoms with Gasteiger partial charge in [0.2, 0.25) is 0 Å². The molecule has 0 radical (unpaired) electrons. The molecule has 2 fully saturated rings. The third-order valence-corrected chi connectivity index (χ3v) is 7.36. The lowest BCUT2D eigenvalue weighted by Gasteiger charge is -2.39. The monoisotopic (exact) mass is 502 g/mol. The summed E-state index contributed by atoms with van der Waals surface area (Å²) in [6.07, 6.45) is 2.83. The number of rotatable bonds is 7. The molecule has 0 amide bonds. The molecule has 1 saturated heterocycles. The average molecular weight is 503 g/mol. The largest absolute Gasteiger partial charge is 0.432 e. The molecule has 4 rings (SSSR count). The Kier molecular flexibility index (Phi) is 7.99. The molecule has 2 aromatic carbocycles. The summed E-state index contributed by atoms with van der Waals surface area (Å²) in [6, 6.07) is 4.22. The van der Waals surface area contributed by atoms with Crippen LogP contribution in [-0.4, -0.2) is 18.8 Å². The fraction of sp³-hybridized carbons (Fsp3) is 0.556. The minimum atomic E-state index is -3.49. The predicted molar refractivity (Wildman–Crippen MR) is 122 cm³/mol. The zero-order valence-corrected chi connectivity index (χ0v) is 19.6. The van der Waals surface area contributed by atoms with Gasteiger partial charge in [0.1, 0.15) is 11.6 Å². The molecule has 0 bridgehead atoms. The second-order valence-electron chi connectivity index (χ2n) is 9.77. The summed E-state index contributed by atoms with van der Waals surface area (Å²) < 4.78 is 95.4. The number of hydrogen-bond acceptors (Lipinski definition) is 2. The summed E-state index contributed by atoms with van der Waals surface area (Å²) in [5.74, 6) is -6.15. The van der Waals surface area contributed by atoms with Gasteiger partial charge in [0.25, 0.3) is 0 Å². The fourth-order valence-corrected chi connectivity index (χ4v) is 5.41. The van der Waals surface area contributed by atoms with Gasteiger partial charge in [0.05, 0.1) is 12.0 Å². The maximum atomic E-state index is 14.9. The number of hydrogen-bond donors (Lipinski definition) is 0. The normalized spacial score (nSPS) is 25.5. The highest BCUT2D eigenvalue weighted by molar-refractivity contribution is 5.65. The summed E-state index contributed by atoms with van der Waals surface area (Å²) in [4.78, 5) is 0. The molecule has 0 spiro atoms. The lowest BCUT2D eigenvalue weighted by Crippen LogP contribution is -2.40. The Hall–Kier alpha value is -2.22. The van der Waals surface area contributed by atoms with E-state index < -0.39 is 35.3 Å².